The fourth-order valence-corrected chi connectivity index (χ4v) is 1.74. The molecule has 0 spiro atoms. The smallest absolute Gasteiger partial charge is 0.211 e. The van der Waals surface area contributed by atoms with Crippen molar-refractivity contribution in [3.05, 3.63) is 0 Å². The van der Waals surface area contributed by atoms with E-state index in [1.165, 1.54) is 10.6 Å². The molecule has 0 unspecified atom stereocenters. The molecule has 0 aromatic rings. The van der Waals surface area contributed by atoms with Crippen molar-refractivity contribution in [2.75, 3.05) is 33.4 Å². The molecule has 0 amide bonds. The average Bonchev–Trinajstić information content (AvgIpc) is 2.01. The minimum absolute atomic E-state index is 0.0277. The van der Waals surface area contributed by atoms with Gasteiger partial charge in [-0.05, 0) is 20.5 Å². The van der Waals surface area contributed by atoms with E-state index in [-0.39, 0.29) is 6.04 Å². The van der Waals surface area contributed by atoms with Gasteiger partial charge in [-0.3, -0.25) is 0 Å². The van der Waals surface area contributed by atoms with Crippen molar-refractivity contribution in [1.29, 1.82) is 0 Å². The van der Waals surface area contributed by atoms with Crippen LogP contribution in [0.1, 0.15) is 13.8 Å². The zero-order valence-electron chi connectivity index (χ0n) is 9.11. The van der Waals surface area contributed by atoms with Gasteiger partial charge in [0.25, 0.3) is 0 Å². The Morgan fingerprint density at radius 2 is 1.77 bits per heavy atom. The standard InChI is InChI=1S/C8H20N2O2S/c1-6-9(3)7-8(2)10(4)13(5,11)12/h8H,6-7H2,1-5H3/t8-/m0/s1. The van der Waals surface area contributed by atoms with Crippen molar-refractivity contribution in [3.8, 4) is 0 Å². The van der Waals surface area contributed by atoms with Gasteiger partial charge in [0.1, 0.15) is 0 Å². The van der Waals surface area contributed by atoms with Gasteiger partial charge < -0.3 is 4.90 Å². The zero-order chi connectivity index (χ0) is 10.6. The van der Waals surface area contributed by atoms with E-state index in [4.69, 9.17) is 0 Å². The maximum atomic E-state index is 11.1. The van der Waals surface area contributed by atoms with Crippen molar-refractivity contribution < 1.29 is 8.42 Å². The van der Waals surface area contributed by atoms with Crippen LogP contribution in [0.2, 0.25) is 0 Å². The van der Waals surface area contributed by atoms with Crippen LogP contribution >= 0.6 is 0 Å². The van der Waals surface area contributed by atoms with E-state index in [1.807, 2.05) is 20.9 Å². The first-order valence-electron chi connectivity index (χ1n) is 4.40. The van der Waals surface area contributed by atoms with Gasteiger partial charge in [-0.25, -0.2) is 12.7 Å². The molecule has 0 bridgehead atoms. The quantitative estimate of drug-likeness (QED) is 0.649. The lowest BCUT2D eigenvalue weighted by molar-refractivity contribution is 0.266. The predicted molar refractivity (Wildman–Crippen MR) is 55.2 cm³/mol. The third kappa shape index (κ3) is 4.59. The molecule has 0 aliphatic rings. The molecule has 0 saturated carbocycles. The van der Waals surface area contributed by atoms with Gasteiger partial charge in [0.05, 0.1) is 6.26 Å². The van der Waals surface area contributed by atoms with Crippen LogP contribution in [-0.4, -0.2) is 57.1 Å². The number of hydrogen-bond acceptors (Lipinski definition) is 3. The number of likely N-dealkylation sites (N-methyl/N-ethyl adjacent to an activating group) is 2. The van der Waals surface area contributed by atoms with E-state index in [1.54, 1.807) is 7.05 Å². The average molecular weight is 208 g/mol. The highest BCUT2D eigenvalue weighted by molar-refractivity contribution is 7.88. The number of hydrogen-bond donors (Lipinski definition) is 0. The molecule has 4 nitrogen and oxygen atoms in total. The van der Waals surface area contributed by atoms with Crippen LogP contribution in [0.5, 0.6) is 0 Å². The molecular weight excluding hydrogens is 188 g/mol. The van der Waals surface area contributed by atoms with E-state index in [2.05, 4.69) is 4.90 Å². The molecule has 5 heteroatoms. The molecule has 0 aromatic heterocycles. The first-order chi connectivity index (χ1) is 5.79. The topological polar surface area (TPSA) is 40.6 Å². The summed E-state index contributed by atoms with van der Waals surface area (Å²) in [6.07, 6.45) is 1.23. The summed E-state index contributed by atoms with van der Waals surface area (Å²) in [6, 6.07) is 0.0277. The third-order valence-corrected chi connectivity index (χ3v) is 3.67. The van der Waals surface area contributed by atoms with Gasteiger partial charge in [-0.1, -0.05) is 6.92 Å². The Hall–Kier alpha value is -0.130. The lowest BCUT2D eigenvalue weighted by Crippen LogP contribution is -2.41. The third-order valence-electron chi connectivity index (χ3n) is 2.26. The second-order valence-corrected chi connectivity index (χ2v) is 5.53. The van der Waals surface area contributed by atoms with E-state index in [9.17, 15) is 8.42 Å². The first-order valence-corrected chi connectivity index (χ1v) is 6.25. The van der Waals surface area contributed by atoms with Crippen LogP contribution in [-0.2, 0) is 10.0 Å². The van der Waals surface area contributed by atoms with Gasteiger partial charge in [-0.2, -0.15) is 0 Å². The first kappa shape index (κ1) is 12.9. The SMILES string of the molecule is CCN(C)C[C@H](C)N(C)S(C)(=O)=O. The molecule has 0 rings (SSSR count). The molecule has 13 heavy (non-hydrogen) atoms. The molecule has 0 aromatic carbocycles. The Morgan fingerprint density at radius 1 is 1.31 bits per heavy atom. The summed E-state index contributed by atoms with van der Waals surface area (Å²) in [4.78, 5) is 2.09. The Balaban J connectivity index is 4.20. The monoisotopic (exact) mass is 208 g/mol. The van der Waals surface area contributed by atoms with Gasteiger partial charge in [-0.15, -0.1) is 0 Å². The summed E-state index contributed by atoms with van der Waals surface area (Å²) < 4.78 is 23.7. The van der Waals surface area contributed by atoms with Crippen LogP contribution < -0.4 is 0 Å². The summed E-state index contributed by atoms with van der Waals surface area (Å²) in [5.74, 6) is 0. The van der Waals surface area contributed by atoms with Crippen molar-refractivity contribution in [3.63, 3.8) is 0 Å². The number of nitrogens with zero attached hydrogens (tertiary/aromatic N) is 2. The molecule has 0 radical (unpaired) electrons. The fourth-order valence-electron chi connectivity index (χ4n) is 1.02. The van der Waals surface area contributed by atoms with Crippen LogP contribution in [0, 0.1) is 0 Å². The normalized spacial score (nSPS) is 15.3. The maximum Gasteiger partial charge on any atom is 0.211 e. The fraction of sp³-hybridized carbons (Fsp3) is 1.00. The molecule has 0 heterocycles. The van der Waals surface area contributed by atoms with Gasteiger partial charge >= 0.3 is 0 Å². The lowest BCUT2D eigenvalue weighted by atomic mass is 10.3. The Labute approximate surface area is 81.6 Å². The lowest BCUT2D eigenvalue weighted by Gasteiger charge is -2.26. The van der Waals surface area contributed by atoms with Crippen molar-refractivity contribution in [2.45, 2.75) is 19.9 Å². The molecule has 1 atom stereocenters. The molecule has 0 aliphatic heterocycles. The van der Waals surface area contributed by atoms with Crippen LogP contribution in [0.4, 0.5) is 0 Å². The van der Waals surface area contributed by atoms with Gasteiger partial charge in [0.2, 0.25) is 10.0 Å². The highest BCUT2D eigenvalue weighted by Crippen LogP contribution is 2.02. The number of rotatable bonds is 5. The van der Waals surface area contributed by atoms with E-state index < -0.39 is 10.0 Å². The summed E-state index contributed by atoms with van der Waals surface area (Å²) in [6.45, 7) is 5.66. The van der Waals surface area contributed by atoms with E-state index in [0.717, 1.165) is 13.1 Å². The van der Waals surface area contributed by atoms with Crippen molar-refractivity contribution >= 4 is 10.0 Å². The largest absolute Gasteiger partial charge is 0.305 e. The van der Waals surface area contributed by atoms with E-state index >= 15 is 0 Å². The Bertz CT molecular complexity index is 239. The molecule has 0 fully saturated rings. The van der Waals surface area contributed by atoms with Gasteiger partial charge in [0.15, 0.2) is 0 Å². The Kier molecular flexibility index (Phi) is 4.88. The predicted octanol–water partition coefficient (Wildman–Crippen LogP) is 0.218. The highest BCUT2D eigenvalue weighted by atomic mass is 32.2. The molecule has 0 N–H and O–H groups in total. The summed E-state index contributed by atoms with van der Waals surface area (Å²) in [7, 11) is 0.544. The molecule has 0 saturated heterocycles. The second kappa shape index (κ2) is 4.93. The minimum atomic E-state index is -3.05. The maximum absolute atomic E-state index is 11.1. The molecule has 80 valence electrons. The summed E-state index contributed by atoms with van der Waals surface area (Å²) in [5, 5.41) is 0. The van der Waals surface area contributed by atoms with E-state index in [0.29, 0.717) is 0 Å². The van der Waals surface area contributed by atoms with Crippen LogP contribution in [0.3, 0.4) is 0 Å². The zero-order valence-corrected chi connectivity index (χ0v) is 9.93. The van der Waals surface area contributed by atoms with Crippen LogP contribution in [0.25, 0.3) is 0 Å². The van der Waals surface area contributed by atoms with Crippen molar-refractivity contribution in [2.24, 2.45) is 0 Å². The number of sulfonamides is 1. The minimum Gasteiger partial charge on any atom is -0.305 e. The van der Waals surface area contributed by atoms with Crippen LogP contribution in [0.15, 0.2) is 0 Å². The molecule has 0 aliphatic carbocycles. The Morgan fingerprint density at radius 3 is 2.08 bits per heavy atom. The highest BCUT2D eigenvalue weighted by Gasteiger charge is 2.18. The summed E-state index contributed by atoms with van der Waals surface area (Å²) in [5.41, 5.74) is 0. The van der Waals surface area contributed by atoms with Crippen molar-refractivity contribution in [1.82, 2.24) is 9.21 Å². The molecular formula is C8H20N2O2S. The van der Waals surface area contributed by atoms with Gasteiger partial charge in [0, 0.05) is 19.6 Å². The summed E-state index contributed by atoms with van der Waals surface area (Å²) >= 11 is 0. The second-order valence-electron chi connectivity index (χ2n) is 3.48.